The number of nitrogens with one attached hydrogen (secondary N) is 1. The topological polar surface area (TPSA) is 170 Å². The van der Waals surface area contributed by atoms with Crippen LogP contribution in [0, 0.1) is 11.7 Å². The molecule has 1 aromatic heterocycles. The Labute approximate surface area is 268 Å². The van der Waals surface area contributed by atoms with Gasteiger partial charge in [0.05, 0.1) is 31.2 Å². The van der Waals surface area contributed by atoms with Gasteiger partial charge in [-0.1, -0.05) is 80.6 Å². The van der Waals surface area contributed by atoms with E-state index in [4.69, 9.17) is 18.6 Å². The van der Waals surface area contributed by atoms with Crippen LogP contribution in [-0.4, -0.2) is 50.4 Å². The molecule has 250 valence electrons. The van der Waals surface area contributed by atoms with Crippen molar-refractivity contribution in [3.63, 3.8) is 0 Å². The van der Waals surface area contributed by atoms with Crippen LogP contribution in [0.3, 0.4) is 0 Å². The molecule has 1 aliphatic rings. The number of aliphatic hydroxyl groups is 1. The van der Waals surface area contributed by atoms with E-state index in [2.05, 4.69) is 0 Å². The smallest absolute Gasteiger partial charge is 0.390 e. The lowest BCUT2D eigenvalue weighted by Crippen LogP contribution is -2.43. The summed E-state index contributed by atoms with van der Waals surface area (Å²) < 4.78 is 43.3. The zero-order chi connectivity index (χ0) is 33.7. The maximum absolute atomic E-state index is 13.8. The third kappa shape index (κ3) is 8.41. The van der Waals surface area contributed by atoms with Gasteiger partial charge < -0.3 is 14.4 Å². The SMILES string of the molecule is CC(C)C[C@@H](C(=O)OP(=O)(O)OC[C@H]1O[C@@H](n2cc(F)c(=O)[nH]c2=O)C[C@@H]1O)N(OCc1ccccc1)c1cccc2ccccc12. The first-order valence-electron chi connectivity index (χ1n) is 14.9. The number of aromatic amines is 1. The molecular formula is C32H35FN3O10P. The number of nitrogens with zero attached hydrogens (tertiary/aromatic N) is 2. The van der Waals surface area contributed by atoms with Gasteiger partial charge in [0.2, 0.25) is 5.82 Å². The molecule has 15 heteroatoms. The fraction of sp³-hybridized carbons (Fsp3) is 0.344. The Kier molecular flexibility index (Phi) is 10.7. The quantitative estimate of drug-likeness (QED) is 0.138. The second-order valence-corrected chi connectivity index (χ2v) is 12.9. The first-order chi connectivity index (χ1) is 22.4. The average Bonchev–Trinajstić information content (AvgIpc) is 3.41. The molecule has 5 atom stereocenters. The molecule has 1 saturated heterocycles. The summed E-state index contributed by atoms with van der Waals surface area (Å²) in [5.41, 5.74) is -0.824. The molecule has 1 aliphatic heterocycles. The number of carbonyl (C=O) groups is 1. The van der Waals surface area contributed by atoms with Gasteiger partial charge in [-0.15, -0.1) is 0 Å². The third-order valence-electron chi connectivity index (χ3n) is 7.51. The first-order valence-corrected chi connectivity index (χ1v) is 16.4. The Bertz CT molecular complexity index is 1860. The number of fused-ring (bicyclic) bond motifs is 1. The number of halogens is 1. The Hall–Kier alpha value is -4.17. The summed E-state index contributed by atoms with van der Waals surface area (Å²) in [6, 6.07) is 21.1. The number of phosphoric ester groups is 1. The van der Waals surface area contributed by atoms with Gasteiger partial charge in [0.15, 0.2) is 6.04 Å². The normalized spacial score (nSPS) is 19.8. The van der Waals surface area contributed by atoms with Crippen molar-refractivity contribution in [2.45, 2.75) is 57.8 Å². The number of anilines is 1. The maximum atomic E-state index is 13.8. The van der Waals surface area contributed by atoms with E-state index in [1.54, 1.807) is 11.1 Å². The van der Waals surface area contributed by atoms with E-state index in [-0.39, 0.29) is 25.4 Å². The molecule has 5 rings (SSSR count). The van der Waals surface area contributed by atoms with E-state index in [1.807, 2.05) is 80.6 Å². The molecule has 0 amide bonds. The van der Waals surface area contributed by atoms with Gasteiger partial charge in [-0.3, -0.25) is 28.6 Å². The molecule has 2 heterocycles. The molecule has 47 heavy (non-hydrogen) atoms. The van der Waals surface area contributed by atoms with Crippen LogP contribution in [-0.2, 0) is 34.6 Å². The molecule has 0 aliphatic carbocycles. The summed E-state index contributed by atoms with van der Waals surface area (Å²) >= 11 is 0. The van der Waals surface area contributed by atoms with Crippen molar-refractivity contribution in [1.29, 1.82) is 0 Å². The number of hydroxylamine groups is 1. The van der Waals surface area contributed by atoms with Crippen LogP contribution in [0.15, 0.2) is 88.6 Å². The second kappa shape index (κ2) is 14.7. The number of hydrogen-bond donors (Lipinski definition) is 3. The van der Waals surface area contributed by atoms with Crippen molar-refractivity contribution >= 4 is 30.3 Å². The molecule has 0 radical (unpaired) electrons. The molecular weight excluding hydrogens is 636 g/mol. The van der Waals surface area contributed by atoms with Gasteiger partial charge in [-0.25, -0.2) is 19.2 Å². The van der Waals surface area contributed by atoms with Crippen LogP contribution in [0.2, 0.25) is 0 Å². The van der Waals surface area contributed by atoms with Crippen LogP contribution in [0.4, 0.5) is 10.1 Å². The number of H-pyrrole nitrogens is 1. The minimum Gasteiger partial charge on any atom is -0.390 e. The summed E-state index contributed by atoms with van der Waals surface area (Å²) in [6.07, 6.45) is -3.17. The number of aromatic nitrogens is 2. The first kappa shape index (κ1) is 34.2. The number of carbonyl (C=O) groups excluding carboxylic acids is 1. The fourth-order valence-electron chi connectivity index (χ4n) is 5.26. The summed E-state index contributed by atoms with van der Waals surface area (Å²) in [5.74, 6) is -2.41. The molecule has 0 saturated carbocycles. The van der Waals surface area contributed by atoms with Crippen molar-refractivity contribution in [2.75, 3.05) is 11.7 Å². The highest BCUT2D eigenvalue weighted by molar-refractivity contribution is 7.48. The van der Waals surface area contributed by atoms with Gasteiger partial charge in [0, 0.05) is 11.8 Å². The molecule has 1 fully saturated rings. The van der Waals surface area contributed by atoms with Crippen molar-refractivity contribution in [3.05, 3.63) is 111 Å². The number of benzene rings is 3. The zero-order valence-electron chi connectivity index (χ0n) is 25.6. The van der Waals surface area contributed by atoms with Crippen LogP contribution >= 0.6 is 7.82 Å². The Morgan fingerprint density at radius 1 is 1.11 bits per heavy atom. The number of aliphatic hydroxyl groups excluding tert-OH is 1. The number of rotatable bonds is 13. The predicted molar refractivity (Wildman–Crippen MR) is 169 cm³/mol. The number of phosphoric acid groups is 1. The summed E-state index contributed by atoms with van der Waals surface area (Å²) in [4.78, 5) is 55.8. The number of ether oxygens (including phenoxy) is 1. The van der Waals surface area contributed by atoms with Gasteiger partial charge in [-0.2, -0.15) is 4.39 Å². The average molecular weight is 672 g/mol. The van der Waals surface area contributed by atoms with E-state index in [9.17, 15) is 33.3 Å². The van der Waals surface area contributed by atoms with Crippen molar-refractivity contribution in [3.8, 4) is 0 Å². The highest BCUT2D eigenvalue weighted by atomic mass is 31.2. The van der Waals surface area contributed by atoms with Crippen LogP contribution in [0.5, 0.6) is 0 Å². The maximum Gasteiger partial charge on any atom is 0.529 e. The van der Waals surface area contributed by atoms with Gasteiger partial charge >= 0.3 is 19.5 Å². The van der Waals surface area contributed by atoms with Crippen LogP contribution in [0.1, 0.15) is 38.5 Å². The van der Waals surface area contributed by atoms with Gasteiger partial charge in [0.25, 0.3) is 5.56 Å². The summed E-state index contributed by atoms with van der Waals surface area (Å²) in [5, 5.41) is 13.5. The van der Waals surface area contributed by atoms with Crippen molar-refractivity contribution < 1.29 is 42.4 Å². The minimum absolute atomic E-state index is 0.0792. The third-order valence-corrected chi connectivity index (χ3v) is 8.40. The lowest BCUT2D eigenvalue weighted by atomic mass is 10.0. The molecule has 3 aromatic carbocycles. The van der Waals surface area contributed by atoms with Gasteiger partial charge in [0.1, 0.15) is 12.3 Å². The van der Waals surface area contributed by atoms with Gasteiger partial charge in [-0.05, 0) is 29.4 Å². The molecule has 1 unspecified atom stereocenters. The standard InChI is InChI=1S/C32H35FN3O10P/c1-20(2)15-26(36(43-18-21-9-4-3-5-10-21)25-14-8-12-22-11-6-7-13-23(22)25)31(39)46-47(41,42)44-19-28-27(37)16-29(45-28)35-17-24(33)30(38)34-32(35)40/h3-14,17,20,26-29,37H,15-16,18-19H2,1-2H3,(H,41,42)(H,34,38,40)/t26-,27-,28+,29+/m0/s1. The number of hydrogen-bond acceptors (Lipinski definition) is 10. The highest BCUT2D eigenvalue weighted by Crippen LogP contribution is 2.45. The van der Waals surface area contributed by atoms with E-state index in [0.29, 0.717) is 11.9 Å². The highest BCUT2D eigenvalue weighted by Gasteiger charge is 2.40. The summed E-state index contributed by atoms with van der Waals surface area (Å²) in [7, 11) is -5.10. The van der Waals surface area contributed by atoms with E-state index < -0.39 is 61.9 Å². The van der Waals surface area contributed by atoms with E-state index in [1.165, 1.54) is 5.06 Å². The van der Waals surface area contributed by atoms with Crippen molar-refractivity contribution in [2.24, 2.45) is 5.92 Å². The van der Waals surface area contributed by atoms with E-state index in [0.717, 1.165) is 20.9 Å². The molecule has 0 bridgehead atoms. The lowest BCUT2D eigenvalue weighted by molar-refractivity contribution is -0.141. The molecule has 4 aromatic rings. The van der Waals surface area contributed by atoms with Crippen LogP contribution < -0.4 is 16.3 Å². The Balaban J connectivity index is 1.34. The molecule has 0 spiro atoms. The van der Waals surface area contributed by atoms with E-state index >= 15 is 0 Å². The fourth-order valence-corrected chi connectivity index (χ4v) is 6.00. The zero-order valence-corrected chi connectivity index (χ0v) is 26.5. The Morgan fingerprint density at radius 2 is 1.81 bits per heavy atom. The predicted octanol–water partition coefficient (Wildman–Crippen LogP) is 4.19. The largest absolute Gasteiger partial charge is 0.529 e. The second-order valence-electron chi connectivity index (χ2n) is 11.5. The lowest BCUT2D eigenvalue weighted by Gasteiger charge is -2.33. The molecule has 13 nitrogen and oxygen atoms in total. The Morgan fingerprint density at radius 3 is 2.55 bits per heavy atom. The monoisotopic (exact) mass is 671 g/mol. The minimum atomic E-state index is -5.10. The van der Waals surface area contributed by atoms with Crippen molar-refractivity contribution in [1.82, 2.24) is 9.55 Å². The molecule has 3 N–H and O–H groups in total. The van der Waals surface area contributed by atoms with Crippen LogP contribution in [0.25, 0.3) is 10.8 Å². The summed E-state index contributed by atoms with van der Waals surface area (Å²) in [6.45, 7) is 3.12.